The van der Waals surface area contributed by atoms with Gasteiger partial charge in [-0.05, 0) is 49.2 Å². The fourth-order valence-corrected chi connectivity index (χ4v) is 5.98. The van der Waals surface area contributed by atoms with Crippen molar-refractivity contribution in [1.82, 2.24) is 14.5 Å². The highest BCUT2D eigenvalue weighted by molar-refractivity contribution is 7.18. The number of aromatic nitrogens is 2. The molecule has 0 radical (unpaired) electrons. The number of hydrogen-bond donors (Lipinski definition) is 1. The number of nitrogens with one attached hydrogen (secondary N) is 1. The number of benzene rings is 2. The molecular formula is C25H24N4OS. The molecule has 1 amide bonds. The summed E-state index contributed by atoms with van der Waals surface area (Å²) in [6.07, 6.45) is 5.22. The van der Waals surface area contributed by atoms with Crippen LogP contribution in [0.4, 0.5) is 5.69 Å². The van der Waals surface area contributed by atoms with Crippen molar-refractivity contribution in [2.45, 2.75) is 31.2 Å². The predicted molar refractivity (Wildman–Crippen MR) is 125 cm³/mol. The molecule has 1 spiro atoms. The molecule has 6 rings (SSSR count). The number of fused-ring (bicyclic) bond motifs is 5. The number of amides is 1. The summed E-state index contributed by atoms with van der Waals surface area (Å²) in [5.74, 6) is 0.237. The molecule has 2 aliphatic rings. The summed E-state index contributed by atoms with van der Waals surface area (Å²) in [7, 11) is 0. The Balaban J connectivity index is 1.14. The number of hydrogen-bond acceptors (Lipinski definition) is 4. The van der Waals surface area contributed by atoms with Crippen LogP contribution in [0.2, 0.25) is 0 Å². The molecule has 0 saturated carbocycles. The molecule has 5 nitrogen and oxygen atoms in total. The standard InChI is InChI=1S/C25H24N4OS/c30-24(12-11-23-26-19-7-2-4-9-21(19)31-23)28-16-13-25(14-17-28)22-10-5-15-29(22)20-8-3-1-6-18(20)27-25/h1-10,15,27H,11-14,16-17H2. The van der Waals surface area contributed by atoms with Crippen LogP contribution in [0.25, 0.3) is 15.9 Å². The first-order valence-electron chi connectivity index (χ1n) is 10.9. The quantitative estimate of drug-likeness (QED) is 0.502. The van der Waals surface area contributed by atoms with Gasteiger partial charge in [0.25, 0.3) is 0 Å². The molecule has 0 aliphatic carbocycles. The SMILES string of the molecule is O=C(CCc1nc2ccccc2s1)N1CCC2(CC1)Nc1ccccc1-n1cccc12. The van der Waals surface area contributed by atoms with E-state index in [1.165, 1.54) is 21.8 Å². The van der Waals surface area contributed by atoms with Crippen molar-refractivity contribution in [3.63, 3.8) is 0 Å². The molecule has 4 aromatic rings. The van der Waals surface area contributed by atoms with Crippen LogP contribution in [0.15, 0.2) is 66.9 Å². The van der Waals surface area contributed by atoms with Gasteiger partial charge in [-0.25, -0.2) is 4.98 Å². The maximum atomic E-state index is 12.9. The minimum atomic E-state index is -0.109. The summed E-state index contributed by atoms with van der Waals surface area (Å²) >= 11 is 1.70. The van der Waals surface area contributed by atoms with E-state index < -0.39 is 0 Å². The van der Waals surface area contributed by atoms with Crippen LogP contribution in [0.1, 0.15) is 30.0 Å². The zero-order valence-electron chi connectivity index (χ0n) is 17.3. The molecule has 31 heavy (non-hydrogen) atoms. The van der Waals surface area contributed by atoms with Crippen LogP contribution < -0.4 is 5.32 Å². The van der Waals surface area contributed by atoms with E-state index in [0.29, 0.717) is 12.8 Å². The van der Waals surface area contributed by atoms with Crippen molar-refractivity contribution in [2.75, 3.05) is 18.4 Å². The Morgan fingerprint density at radius 1 is 1.03 bits per heavy atom. The molecule has 6 heteroatoms. The van der Waals surface area contributed by atoms with Crippen LogP contribution in [-0.4, -0.2) is 33.4 Å². The Bertz CT molecular complexity index is 1230. The van der Waals surface area contributed by atoms with Gasteiger partial charge in [0.1, 0.15) is 0 Å². The fraction of sp³-hybridized carbons (Fsp3) is 0.280. The van der Waals surface area contributed by atoms with Gasteiger partial charge in [0, 0.05) is 37.8 Å². The third kappa shape index (κ3) is 3.13. The zero-order chi connectivity index (χ0) is 20.8. The van der Waals surface area contributed by atoms with Crippen LogP contribution >= 0.6 is 11.3 Å². The summed E-state index contributed by atoms with van der Waals surface area (Å²) in [5.41, 5.74) is 4.58. The molecule has 0 unspecified atom stereocenters. The van der Waals surface area contributed by atoms with Gasteiger partial charge in [-0.1, -0.05) is 24.3 Å². The minimum absolute atomic E-state index is 0.109. The molecule has 2 aliphatic heterocycles. The Labute approximate surface area is 185 Å². The smallest absolute Gasteiger partial charge is 0.222 e. The first kappa shape index (κ1) is 18.6. The topological polar surface area (TPSA) is 50.2 Å². The lowest BCUT2D eigenvalue weighted by Crippen LogP contribution is -2.51. The van der Waals surface area contributed by atoms with Gasteiger partial charge < -0.3 is 14.8 Å². The number of likely N-dealkylation sites (tertiary alicyclic amines) is 1. The predicted octanol–water partition coefficient (Wildman–Crippen LogP) is 4.96. The van der Waals surface area contributed by atoms with Crippen molar-refractivity contribution >= 4 is 33.1 Å². The number of anilines is 1. The van der Waals surface area contributed by atoms with Crippen LogP contribution in [-0.2, 0) is 16.8 Å². The number of thiazole rings is 1. The summed E-state index contributed by atoms with van der Waals surface area (Å²) in [4.78, 5) is 19.6. The van der Waals surface area contributed by atoms with E-state index in [-0.39, 0.29) is 11.4 Å². The maximum absolute atomic E-state index is 12.9. The molecule has 1 saturated heterocycles. The summed E-state index contributed by atoms with van der Waals surface area (Å²) in [6, 6.07) is 21.0. The molecule has 2 aromatic heterocycles. The zero-order valence-corrected chi connectivity index (χ0v) is 18.1. The fourth-order valence-electron chi connectivity index (χ4n) is 5.01. The Kier molecular flexibility index (Phi) is 4.35. The number of carbonyl (C=O) groups excluding carboxylic acids is 1. The molecule has 4 heterocycles. The molecule has 2 aromatic carbocycles. The highest BCUT2D eigenvalue weighted by Gasteiger charge is 2.42. The van der Waals surface area contributed by atoms with E-state index in [2.05, 4.69) is 63.5 Å². The highest BCUT2D eigenvalue weighted by atomic mass is 32.1. The van der Waals surface area contributed by atoms with E-state index >= 15 is 0 Å². The number of para-hydroxylation sites is 3. The van der Waals surface area contributed by atoms with Gasteiger partial charge in [0.2, 0.25) is 5.91 Å². The van der Waals surface area contributed by atoms with Crippen molar-refractivity contribution in [3.05, 3.63) is 77.6 Å². The number of carbonyl (C=O) groups is 1. The second-order valence-electron chi connectivity index (χ2n) is 8.44. The summed E-state index contributed by atoms with van der Waals surface area (Å²) < 4.78 is 3.49. The van der Waals surface area contributed by atoms with E-state index in [1.54, 1.807) is 11.3 Å². The van der Waals surface area contributed by atoms with Crippen molar-refractivity contribution in [1.29, 1.82) is 0 Å². The van der Waals surface area contributed by atoms with Crippen LogP contribution in [0.3, 0.4) is 0 Å². The van der Waals surface area contributed by atoms with Gasteiger partial charge >= 0.3 is 0 Å². The average Bonchev–Trinajstić information content (AvgIpc) is 3.46. The van der Waals surface area contributed by atoms with Gasteiger partial charge in [0.05, 0.1) is 32.1 Å². The van der Waals surface area contributed by atoms with E-state index in [0.717, 1.165) is 36.5 Å². The molecular weight excluding hydrogens is 404 g/mol. The van der Waals surface area contributed by atoms with Crippen LogP contribution in [0, 0.1) is 0 Å². The minimum Gasteiger partial charge on any atom is -0.372 e. The average molecular weight is 429 g/mol. The third-order valence-electron chi connectivity index (χ3n) is 6.64. The number of nitrogens with zero attached hydrogens (tertiary/aromatic N) is 3. The maximum Gasteiger partial charge on any atom is 0.222 e. The lowest BCUT2D eigenvalue weighted by molar-refractivity contribution is -0.132. The van der Waals surface area contributed by atoms with Gasteiger partial charge in [0.15, 0.2) is 0 Å². The Hall–Kier alpha value is -3.12. The van der Waals surface area contributed by atoms with E-state index in [9.17, 15) is 4.79 Å². The number of aryl methyl sites for hydroxylation is 1. The van der Waals surface area contributed by atoms with Crippen molar-refractivity contribution in [2.24, 2.45) is 0 Å². The number of rotatable bonds is 3. The van der Waals surface area contributed by atoms with E-state index in [4.69, 9.17) is 0 Å². The summed E-state index contributed by atoms with van der Waals surface area (Å²) in [6.45, 7) is 1.55. The largest absolute Gasteiger partial charge is 0.372 e. The molecule has 156 valence electrons. The Morgan fingerprint density at radius 2 is 1.84 bits per heavy atom. The molecule has 1 fully saturated rings. The van der Waals surface area contributed by atoms with Gasteiger partial charge in [-0.3, -0.25) is 4.79 Å². The summed E-state index contributed by atoms with van der Waals surface area (Å²) in [5, 5.41) is 4.87. The molecule has 0 bridgehead atoms. The number of piperidine rings is 1. The first-order valence-corrected chi connectivity index (χ1v) is 11.7. The van der Waals surface area contributed by atoms with Crippen molar-refractivity contribution < 1.29 is 4.79 Å². The van der Waals surface area contributed by atoms with Gasteiger partial charge in [-0.2, -0.15) is 0 Å². The Morgan fingerprint density at radius 3 is 2.71 bits per heavy atom. The highest BCUT2D eigenvalue weighted by Crippen LogP contribution is 2.43. The molecule has 0 atom stereocenters. The lowest BCUT2D eigenvalue weighted by Gasteiger charge is -2.46. The van der Waals surface area contributed by atoms with E-state index in [1.807, 2.05) is 23.1 Å². The first-order chi connectivity index (χ1) is 15.2. The normalized spacial score (nSPS) is 16.7. The lowest BCUT2D eigenvalue weighted by atomic mass is 9.82. The second-order valence-corrected chi connectivity index (χ2v) is 9.56. The third-order valence-corrected chi connectivity index (χ3v) is 7.73. The monoisotopic (exact) mass is 428 g/mol. The van der Waals surface area contributed by atoms with Crippen molar-refractivity contribution in [3.8, 4) is 5.69 Å². The molecule has 1 N–H and O–H groups in total. The second kappa shape index (κ2) is 7.24. The van der Waals surface area contributed by atoms with Crippen LogP contribution in [0.5, 0.6) is 0 Å². The van der Waals surface area contributed by atoms with Gasteiger partial charge in [-0.15, -0.1) is 11.3 Å².